The van der Waals surface area contributed by atoms with Crippen LogP contribution in [0.15, 0.2) is 29.8 Å². The van der Waals surface area contributed by atoms with Gasteiger partial charge < -0.3 is 5.73 Å². The molecule has 2 N–H and O–H groups in total. The molecular weight excluding hydrogens is 244 g/mol. The molecule has 18 heavy (non-hydrogen) atoms. The number of rotatable bonds is 5. The van der Waals surface area contributed by atoms with Crippen molar-refractivity contribution in [2.45, 2.75) is 26.1 Å². The molecule has 2 rings (SSSR count). The molecule has 4 nitrogen and oxygen atoms in total. The molecule has 2 heterocycles. The van der Waals surface area contributed by atoms with Crippen LogP contribution in [0, 0.1) is 0 Å². The molecule has 1 unspecified atom stereocenters. The Kier molecular flexibility index (Phi) is 4.41. The summed E-state index contributed by atoms with van der Waals surface area (Å²) in [5.74, 6) is 0. The molecule has 0 aliphatic heterocycles. The fourth-order valence-electron chi connectivity index (χ4n) is 1.71. The summed E-state index contributed by atoms with van der Waals surface area (Å²) < 4.78 is 0. The molecular formula is C13H18N4S. The zero-order valence-electron chi connectivity index (χ0n) is 10.7. The summed E-state index contributed by atoms with van der Waals surface area (Å²) in [6.45, 7) is 3.60. The maximum absolute atomic E-state index is 5.81. The lowest BCUT2D eigenvalue weighted by atomic mass is 10.3. The van der Waals surface area contributed by atoms with E-state index in [1.165, 1.54) is 0 Å². The lowest BCUT2D eigenvalue weighted by Gasteiger charge is -2.14. The third-order valence-corrected chi connectivity index (χ3v) is 3.64. The van der Waals surface area contributed by atoms with E-state index >= 15 is 0 Å². The number of nitrogens with zero attached hydrogens (tertiary/aromatic N) is 3. The van der Waals surface area contributed by atoms with Gasteiger partial charge in [-0.25, -0.2) is 4.98 Å². The Morgan fingerprint density at radius 2 is 2.11 bits per heavy atom. The summed E-state index contributed by atoms with van der Waals surface area (Å²) >= 11 is 1.63. The lowest BCUT2D eigenvalue weighted by Crippen LogP contribution is -2.18. The van der Waals surface area contributed by atoms with Gasteiger partial charge >= 0.3 is 0 Å². The highest BCUT2D eigenvalue weighted by atomic mass is 32.1. The van der Waals surface area contributed by atoms with Gasteiger partial charge in [0.25, 0.3) is 0 Å². The van der Waals surface area contributed by atoms with Crippen LogP contribution in [0.25, 0.3) is 0 Å². The fraction of sp³-hybridized carbons (Fsp3) is 0.385. The summed E-state index contributed by atoms with van der Waals surface area (Å²) in [5.41, 5.74) is 7.95. The van der Waals surface area contributed by atoms with E-state index in [-0.39, 0.29) is 6.04 Å². The van der Waals surface area contributed by atoms with E-state index < -0.39 is 0 Å². The highest BCUT2D eigenvalue weighted by molar-refractivity contribution is 7.09. The van der Waals surface area contributed by atoms with Gasteiger partial charge in [0.2, 0.25) is 0 Å². The standard InChI is InChI=1S/C13H18N4S/c1-10(14)13-16-12(9-18-13)8-17(2)7-11-5-3-4-6-15-11/h3-6,9-10H,7-8,14H2,1-2H3. The normalized spacial score (nSPS) is 12.9. The maximum Gasteiger partial charge on any atom is 0.109 e. The summed E-state index contributed by atoms with van der Waals surface area (Å²) in [6.07, 6.45) is 1.82. The van der Waals surface area contributed by atoms with E-state index in [0.717, 1.165) is 29.5 Å². The Bertz CT molecular complexity index is 481. The van der Waals surface area contributed by atoms with E-state index in [0.29, 0.717) is 0 Å². The summed E-state index contributed by atoms with van der Waals surface area (Å²) in [4.78, 5) is 11.0. The van der Waals surface area contributed by atoms with Crippen molar-refractivity contribution < 1.29 is 0 Å². The first-order valence-electron chi connectivity index (χ1n) is 5.93. The van der Waals surface area contributed by atoms with Crippen molar-refractivity contribution in [2.24, 2.45) is 5.73 Å². The SMILES string of the molecule is CC(N)c1nc(CN(C)Cc2ccccn2)cs1. The first-order chi connectivity index (χ1) is 8.65. The van der Waals surface area contributed by atoms with Gasteiger partial charge in [-0.1, -0.05) is 6.07 Å². The van der Waals surface area contributed by atoms with Crippen LogP contribution in [-0.2, 0) is 13.1 Å². The van der Waals surface area contributed by atoms with Crippen LogP contribution in [0.5, 0.6) is 0 Å². The Morgan fingerprint density at radius 3 is 2.72 bits per heavy atom. The first-order valence-corrected chi connectivity index (χ1v) is 6.81. The molecule has 0 aliphatic rings. The topological polar surface area (TPSA) is 55.0 Å². The number of nitrogens with two attached hydrogens (primary N) is 1. The van der Waals surface area contributed by atoms with Crippen LogP contribution < -0.4 is 5.73 Å². The van der Waals surface area contributed by atoms with Gasteiger partial charge in [0.15, 0.2) is 0 Å². The molecule has 0 spiro atoms. The Balaban J connectivity index is 1.92. The fourth-order valence-corrected chi connectivity index (χ4v) is 2.47. The maximum atomic E-state index is 5.81. The van der Waals surface area contributed by atoms with Crippen LogP contribution in [0.1, 0.15) is 29.4 Å². The smallest absolute Gasteiger partial charge is 0.109 e. The summed E-state index contributed by atoms with van der Waals surface area (Å²) in [5, 5.41) is 3.07. The second-order valence-electron chi connectivity index (χ2n) is 4.46. The molecule has 0 aliphatic carbocycles. The van der Waals surface area contributed by atoms with Crippen molar-refractivity contribution in [3.63, 3.8) is 0 Å². The van der Waals surface area contributed by atoms with Crippen molar-refractivity contribution in [3.8, 4) is 0 Å². The van der Waals surface area contributed by atoms with Crippen molar-refractivity contribution in [2.75, 3.05) is 7.05 Å². The third kappa shape index (κ3) is 3.60. The lowest BCUT2D eigenvalue weighted by molar-refractivity contribution is 0.311. The molecule has 0 bridgehead atoms. The van der Waals surface area contributed by atoms with Crippen molar-refractivity contribution >= 4 is 11.3 Å². The molecule has 0 radical (unpaired) electrons. The van der Waals surface area contributed by atoms with Gasteiger partial charge in [0.1, 0.15) is 5.01 Å². The monoisotopic (exact) mass is 262 g/mol. The van der Waals surface area contributed by atoms with Gasteiger partial charge in [0.05, 0.1) is 17.4 Å². The van der Waals surface area contributed by atoms with Crippen molar-refractivity contribution in [1.82, 2.24) is 14.9 Å². The molecule has 0 saturated heterocycles. The number of hydrogen-bond donors (Lipinski definition) is 1. The second-order valence-corrected chi connectivity index (χ2v) is 5.35. The van der Waals surface area contributed by atoms with Crippen molar-refractivity contribution in [1.29, 1.82) is 0 Å². The number of thiazole rings is 1. The summed E-state index contributed by atoms with van der Waals surface area (Å²) in [7, 11) is 2.07. The molecule has 5 heteroatoms. The Morgan fingerprint density at radius 1 is 1.33 bits per heavy atom. The van der Waals surface area contributed by atoms with Crippen LogP contribution in [0.4, 0.5) is 0 Å². The van der Waals surface area contributed by atoms with E-state index in [2.05, 4.69) is 27.3 Å². The van der Waals surface area contributed by atoms with Crippen LogP contribution in [-0.4, -0.2) is 21.9 Å². The second kappa shape index (κ2) is 6.04. The highest BCUT2D eigenvalue weighted by Crippen LogP contribution is 2.17. The third-order valence-electron chi connectivity index (χ3n) is 2.55. The molecule has 1 atom stereocenters. The molecule has 96 valence electrons. The van der Waals surface area contributed by atoms with E-state index in [1.54, 1.807) is 11.3 Å². The molecule has 0 fully saturated rings. The van der Waals surface area contributed by atoms with Crippen LogP contribution >= 0.6 is 11.3 Å². The van der Waals surface area contributed by atoms with Gasteiger partial charge in [0, 0.05) is 24.7 Å². The predicted octanol–water partition coefficient (Wildman–Crippen LogP) is 2.19. The van der Waals surface area contributed by atoms with E-state index in [9.17, 15) is 0 Å². The molecule has 0 aromatic carbocycles. The van der Waals surface area contributed by atoms with Gasteiger partial charge in [-0.05, 0) is 26.1 Å². The van der Waals surface area contributed by atoms with Crippen LogP contribution in [0.3, 0.4) is 0 Å². The zero-order valence-corrected chi connectivity index (χ0v) is 11.5. The van der Waals surface area contributed by atoms with Crippen LogP contribution in [0.2, 0.25) is 0 Å². The quantitative estimate of drug-likeness (QED) is 0.897. The number of aromatic nitrogens is 2. The molecule has 2 aromatic heterocycles. The zero-order chi connectivity index (χ0) is 13.0. The Hall–Kier alpha value is -1.30. The number of pyridine rings is 1. The largest absolute Gasteiger partial charge is 0.322 e. The Labute approximate surface area is 111 Å². The van der Waals surface area contributed by atoms with Gasteiger partial charge in [-0.15, -0.1) is 11.3 Å². The minimum atomic E-state index is 0.0184. The minimum absolute atomic E-state index is 0.0184. The minimum Gasteiger partial charge on any atom is -0.322 e. The molecule has 0 saturated carbocycles. The molecule has 0 amide bonds. The summed E-state index contributed by atoms with van der Waals surface area (Å²) in [6, 6.07) is 5.99. The van der Waals surface area contributed by atoms with Gasteiger partial charge in [-0.2, -0.15) is 0 Å². The van der Waals surface area contributed by atoms with E-state index in [1.807, 2.05) is 31.3 Å². The highest BCUT2D eigenvalue weighted by Gasteiger charge is 2.08. The average molecular weight is 262 g/mol. The average Bonchev–Trinajstić information content (AvgIpc) is 2.78. The van der Waals surface area contributed by atoms with E-state index in [4.69, 9.17) is 5.73 Å². The van der Waals surface area contributed by atoms with Gasteiger partial charge in [-0.3, -0.25) is 9.88 Å². The number of hydrogen-bond acceptors (Lipinski definition) is 5. The molecule has 2 aromatic rings. The van der Waals surface area contributed by atoms with Crippen molar-refractivity contribution in [3.05, 3.63) is 46.2 Å². The predicted molar refractivity (Wildman–Crippen MR) is 74.1 cm³/mol. The first kappa shape index (κ1) is 13.1.